The molecular formula is C15H18BrNOS2. The molecule has 0 aliphatic heterocycles. The first-order chi connectivity index (χ1) is 9.38. The highest BCUT2D eigenvalue weighted by Gasteiger charge is 2.31. The molecule has 2 aromatic rings. The Bertz CT molecular complexity index is 551. The lowest BCUT2D eigenvalue weighted by atomic mass is 10.1. The summed E-state index contributed by atoms with van der Waals surface area (Å²) >= 11 is 4.03. The van der Waals surface area contributed by atoms with Crippen molar-refractivity contribution in [1.29, 1.82) is 0 Å². The molecule has 0 amide bonds. The molecule has 2 atom stereocenters. The van der Waals surface area contributed by atoms with Gasteiger partial charge in [-0.1, -0.05) is 30.3 Å². The predicted octanol–water partition coefficient (Wildman–Crippen LogP) is 4.65. The van der Waals surface area contributed by atoms with Gasteiger partial charge in [0.1, 0.15) is 10.8 Å². The first-order valence-corrected chi connectivity index (χ1v) is 9.17. The highest BCUT2D eigenvalue weighted by molar-refractivity contribution is 9.10. The lowest BCUT2D eigenvalue weighted by Gasteiger charge is -2.27. The molecule has 0 spiro atoms. The number of halogens is 1. The highest BCUT2D eigenvalue weighted by atomic mass is 79.9. The predicted molar refractivity (Wildman–Crippen MR) is 91.3 cm³/mol. The van der Waals surface area contributed by atoms with E-state index in [0.717, 1.165) is 14.9 Å². The molecule has 0 fully saturated rings. The van der Waals surface area contributed by atoms with Crippen molar-refractivity contribution in [1.82, 2.24) is 4.72 Å². The fourth-order valence-electron chi connectivity index (χ4n) is 1.70. The van der Waals surface area contributed by atoms with Gasteiger partial charge in [-0.05, 0) is 48.3 Å². The zero-order chi connectivity index (χ0) is 14.8. The Morgan fingerprint density at radius 2 is 1.90 bits per heavy atom. The molecule has 2 unspecified atom stereocenters. The van der Waals surface area contributed by atoms with Gasteiger partial charge in [-0.25, -0.2) is 0 Å². The topological polar surface area (TPSA) is 35.1 Å². The van der Waals surface area contributed by atoms with E-state index in [1.54, 1.807) is 11.3 Å². The van der Waals surface area contributed by atoms with Crippen molar-refractivity contribution in [3.05, 3.63) is 56.7 Å². The number of benzene rings is 1. The Balaban J connectivity index is 2.30. The van der Waals surface area contributed by atoms with Gasteiger partial charge in [-0.2, -0.15) is 0 Å². The van der Waals surface area contributed by atoms with E-state index in [9.17, 15) is 4.55 Å². The molecule has 2 nitrogen and oxygen atoms in total. The van der Waals surface area contributed by atoms with E-state index in [1.165, 1.54) is 0 Å². The third-order valence-corrected chi connectivity index (χ3v) is 6.11. The van der Waals surface area contributed by atoms with E-state index in [0.29, 0.717) is 0 Å². The second-order valence-electron chi connectivity index (χ2n) is 5.51. The van der Waals surface area contributed by atoms with Gasteiger partial charge >= 0.3 is 0 Å². The van der Waals surface area contributed by atoms with Crippen LogP contribution in [-0.2, 0) is 11.4 Å². The van der Waals surface area contributed by atoms with E-state index in [1.807, 2.05) is 44.4 Å². The molecule has 108 valence electrons. The molecular weight excluding hydrogens is 354 g/mol. The smallest absolute Gasteiger partial charge is 0.136 e. The van der Waals surface area contributed by atoms with Crippen molar-refractivity contribution in [2.45, 2.75) is 31.6 Å². The Kier molecular flexibility index (Phi) is 5.31. The maximum absolute atomic E-state index is 12.4. The summed E-state index contributed by atoms with van der Waals surface area (Å²) < 4.78 is 16.5. The third kappa shape index (κ3) is 4.09. The third-order valence-electron chi connectivity index (χ3n) is 2.79. The van der Waals surface area contributed by atoms with Crippen LogP contribution in [0, 0.1) is 0 Å². The number of nitrogens with one attached hydrogen (secondary N) is 1. The van der Waals surface area contributed by atoms with Crippen LogP contribution in [0.3, 0.4) is 0 Å². The summed E-state index contributed by atoms with van der Waals surface area (Å²) in [6.45, 7) is 5.92. The van der Waals surface area contributed by atoms with Crippen LogP contribution in [0.25, 0.3) is 0 Å². The minimum absolute atomic E-state index is 0.0486. The largest absolute Gasteiger partial charge is 0.598 e. The molecule has 1 heterocycles. The lowest BCUT2D eigenvalue weighted by molar-refractivity contribution is 0.536. The minimum Gasteiger partial charge on any atom is -0.598 e. The standard InChI is InChI=1S/C15H18BrNOS2/c1-15(2,3)20(18)17-14(11-7-5-4-6-8-11)13-9-12(16)10-19-13/h4-10,14,17H,1-3H3. The fraction of sp³-hybridized carbons (Fsp3) is 0.333. The lowest BCUT2D eigenvalue weighted by Crippen LogP contribution is -2.41. The molecule has 2 rings (SSSR count). The molecule has 1 N–H and O–H groups in total. The van der Waals surface area contributed by atoms with E-state index in [2.05, 4.69) is 38.9 Å². The molecule has 1 aromatic carbocycles. The quantitative estimate of drug-likeness (QED) is 0.793. The normalized spacial score (nSPS) is 15.1. The number of thiophene rings is 1. The first-order valence-electron chi connectivity index (χ1n) is 6.35. The van der Waals surface area contributed by atoms with Gasteiger partial charge < -0.3 is 4.55 Å². The van der Waals surface area contributed by atoms with Gasteiger partial charge in [-0.3, -0.25) is 0 Å². The van der Waals surface area contributed by atoms with Crippen molar-refractivity contribution in [2.24, 2.45) is 0 Å². The van der Waals surface area contributed by atoms with Crippen LogP contribution in [0.2, 0.25) is 0 Å². The van der Waals surface area contributed by atoms with Crippen molar-refractivity contribution in [3.8, 4) is 0 Å². The molecule has 0 radical (unpaired) electrons. The zero-order valence-electron chi connectivity index (χ0n) is 11.7. The Hall–Kier alpha value is -0.330. The molecule has 0 saturated heterocycles. The van der Waals surface area contributed by atoms with Gasteiger partial charge in [0.05, 0.1) is 0 Å². The van der Waals surface area contributed by atoms with Crippen LogP contribution in [0.15, 0.2) is 46.3 Å². The summed E-state index contributed by atoms with van der Waals surface area (Å²) in [7, 11) is 0. The van der Waals surface area contributed by atoms with Gasteiger partial charge in [0.2, 0.25) is 0 Å². The van der Waals surface area contributed by atoms with E-state index < -0.39 is 11.4 Å². The summed E-state index contributed by atoms with van der Waals surface area (Å²) in [4.78, 5) is 1.15. The zero-order valence-corrected chi connectivity index (χ0v) is 14.9. The van der Waals surface area contributed by atoms with Gasteiger partial charge in [0.25, 0.3) is 0 Å². The SMILES string of the molecule is CC(C)(C)[S+]([O-])NC(c1ccccc1)c1cc(Br)cs1. The van der Waals surface area contributed by atoms with Gasteiger partial charge in [0, 0.05) is 26.1 Å². The van der Waals surface area contributed by atoms with E-state index in [-0.39, 0.29) is 10.8 Å². The summed E-state index contributed by atoms with van der Waals surface area (Å²) in [6, 6.07) is 12.2. The first kappa shape index (κ1) is 16.0. The molecule has 5 heteroatoms. The van der Waals surface area contributed by atoms with Crippen LogP contribution in [0.4, 0.5) is 0 Å². The Morgan fingerprint density at radius 1 is 1.25 bits per heavy atom. The summed E-state index contributed by atoms with van der Waals surface area (Å²) in [5, 5.41) is 2.05. The Labute approximate surface area is 136 Å². The van der Waals surface area contributed by atoms with E-state index in [4.69, 9.17) is 0 Å². The summed E-state index contributed by atoms with van der Waals surface area (Å²) in [6.07, 6.45) is 0. The van der Waals surface area contributed by atoms with Crippen molar-refractivity contribution < 1.29 is 4.55 Å². The molecule has 20 heavy (non-hydrogen) atoms. The number of rotatable bonds is 4. The van der Waals surface area contributed by atoms with Crippen molar-refractivity contribution in [3.63, 3.8) is 0 Å². The van der Waals surface area contributed by atoms with Gasteiger partial charge in [-0.15, -0.1) is 16.1 Å². The molecule has 0 bridgehead atoms. The average Bonchev–Trinajstić information content (AvgIpc) is 2.82. The maximum atomic E-state index is 12.4. The molecule has 0 aliphatic rings. The van der Waals surface area contributed by atoms with Crippen LogP contribution < -0.4 is 4.72 Å². The fourth-order valence-corrected chi connectivity index (χ4v) is 4.13. The van der Waals surface area contributed by atoms with Crippen molar-refractivity contribution >= 4 is 38.6 Å². The second-order valence-corrected chi connectivity index (χ2v) is 9.37. The van der Waals surface area contributed by atoms with Crippen LogP contribution in [-0.4, -0.2) is 9.30 Å². The van der Waals surface area contributed by atoms with Crippen LogP contribution in [0.1, 0.15) is 37.3 Å². The number of hydrogen-bond acceptors (Lipinski definition) is 3. The highest BCUT2D eigenvalue weighted by Crippen LogP contribution is 2.31. The monoisotopic (exact) mass is 371 g/mol. The van der Waals surface area contributed by atoms with Crippen LogP contribution in [0.5, 0.6) is 0 Å². The average molecular weight is 372 g/mol. The summed E-state index contributed by atoms with van der Waals surface area (Å²) in [5.41, 5.74) is 1.12. The van der Waals surface area contributed by atoms with Crippen molar-refractivity contribution in [2.75, 3.05) is 0 Å². The maximum Gasteiger partial charge on any atom is 0.136 e. The van der Waals surface area contributed by atoms with E-state index >= 15 is 0 Å². The molecule has 0 saturated carbocycles. The summed E-state index contributed by atoms with van der Waals surface area (Å²) in [5.74, 6) is 0. The molecule has 1 aromatic heterocycles. The Morgan fingerprint density at radius 3 is 2.40 bits per heavy atom. The second kappa shape index (κ2) is 6.62. The molecule has 0 aliphatic carbocycles. The van der Waals surface area contributed by atoms with Gasteiger partial charge in [0.15, 0.2) is 0 Å². The van der Waals surface area contributed by atoms with Crippen LogP contribution >= 0.6 is 27.3 Å². The minimum atomic E-state index is -1.12. The number of hydrogen-bond donors (Lipinski definition) is 1.